The first-order chi connectivity index (χ1) is 9.54. The molecule has 0 spiro atoms. The van der Waals surface area contributed by atoms with Crippen molar-refractivity contribution in [1.29, 1.82) is 0 Å². The van der Waals surface area contributed by atoms with Crippen LogP contribution in [0.15, 0.2) is 0 Å². The number of ether oxygens (including phenoxy) is 2. The van der Waals surface area contributed by atoms with Gasteiger partial charge in [0.15, 0.2) is 0 Å². The van der Waals surface area contributed by atoms with E-state index < -0.39 is 5.41 Å². The van der Waals surface area contributed by atoms with Crippen molar-refractivity contribution in [2.24, 2.45) is 27.1 Å². The van der Waals surface area contributed by atoms with Crippen LogP contribution < -0.4 is 0 Å². The summed E-state index contributed by atoms with van der Waals surface area (Å²) in [5.41, 5.74) is -2.15. The Kier molecular flexibility index (Phi) is 4.18. The highest BCUT2D eigenvalue weighted by Crippen LogP contribution is 2.76. The molecule has 0 radical (unpaired) electrons. The Morgan fingerprint density at radius 1 is 0.636 bits per heavy atom. The summed E-state index contributed by atoms with van der Waals surface area (Å²) in [6, 6.07) is 0. The van der Waals surface area contributed by atoms with Crippen LogP contribution in [-0.2, 0) is 14.3 Å². The topological polar surface area (TPSA) is 35.5 Å². The first-order valence-electron chi connectivity index (χ1n) is 8.18. The molecule has 0 unspecified atom stereocenters. The molecule has 3 nitrogen and oxygen atoms in total. The van der Waals surface area contributed by atoms with E-state index in [2.05, 4.69) is 69.2 Å². The molecule has 0 atom stereocenters. The zero-order valence-corrected chi connectivity index (χ0v) is 16.7. The summed E-state index contributed by atoms with van der Waals surface area (Å²) in [5, 5.41) is 0. The minimum atomic E-state index is -0.639. The smallest absolute Gasteiger partial charge is 0.312 e. The van der Waals surface area contributed by atoms with E-state index in [4.69, 9.17) is 9.47 Å². The first kappa shape index (κ1) is 19.5. The number of carbonyl (C=O) groups excluding carboxylic acids is 1. The Morgan fingerprint density at radius 2 is 0.955 bits per heavy atom. The van der Waals surface area contributed by atoms with Gasteiger partial charge in [0.2, 0.25) is 0 Å². The Labute approximate surface area is 137 Å². The third-order valence-electron chi connectivity index (χ3n) is 9.01. The fourth-order valence-electron chi connectivity index (χ4n) is 5.23. The minimum Gasteiger partial charge on any atom is -0.469 e. The maximum Gasteiger partial charge on any atom is 0.312 e. The molecule has 1 fully saturated rings. The normalized spacial score (nSPS) is 38.4. The lowest BCUT2D eigenvalue weighted by Gasteiger charge is -2.75. The van der Waals surface area contributed by atoms with Crippen LogP contribution in [0.5, 0.6) is 0 Å². The Morgan fingerprint density at radius 3 is 1.18 bits per heavy atom. The molecule has 130 valence electrons. The molecule has 1 aliphatic carbocycles. The molecular formula is C19H36O3. The predicted molar refractivity (Wildman–Crippen MR) is 90.7 cm³/mol. The van der Waals surface area contributed by atoms with Gasteiger partial charge in [-0.2, -0.15) is 0 Å². The molecule has 1 aliphatic rings. The lowest BCUT2D eigenvalue weighted by molar-refractivity contribution is -0.323. The number of esters is 1. The van der Waals surface area contributed by atoms with Gasteiger partial charge in [-0.1, -0.05) is 55.4 Å². The van der Waals surface area contributed by atoms with Gasteiger partial charge in [-0.3, -0.25) is 4.79 Å². The van der Waals surface area contributed by atoms with Gasteiger partial charge in [0.1, 0.15) is 0 Å². The van der Waals surface area contributed by atoms with Crippen molar-refractivity contribution in [1.82, 2.24) is 0 Å². The van der Waals surface area contributed by atoms with Gasteiger partial charge >= 0.3 is 5.97 Å². The van der Waals surface area contributed by atoms with E-state index in [-0.39, 0.29) is 33.2 Å². The maximum atomic E-state index is 12.9. The van der Waals surface area contributed by atoms with E-state index >= 15 is 0 Å². The van der Waals surface area contributed by atoms with E-state index in [1.54, 1.807) is 7.11 Å². The monoisotopic (exact) mass is 312 g/mol. The maximum absolute atomic E-state index is 12.9. The van der Waals surface area contributed by atoms with Crippen LogP contribution >= 0.6 is 0 Å². The molecule has 0 bridgehead atoms. The highest BCUT2D eigenvalue weighted by Gasteiger charge is 2.78. The van der Waals surface area contributed by atoms with Crippen LogP contribution in [-0.4, -0.2) is 25.8 Å². The second kappa shape index (κ2) is 4.72. The minimum absolute atomic E-state index is 0.137. The molecular weight excluding hydrogens is 276 g/mol. The Balaban J connectivity index is 3.91. The summed E-state index contributed by atoms with van der Waals surface area (Å²) in [7, 11) is 3.28. The number of carbonyl (C=O) groups is 1. The molecule has 3 heteroatoms. The molecule has 0 aromatic carbocycles. The molecule has 0 N–H and O–H groups in total. The lowest BCUT2D eigenvalue weighted by atomic mass is 9.30. The van der Waals surface area contributed by atoms with Gasteiger partial charge in [-0.25, -0.2) is 0 Å². The van der Waals surface area contributed by atoms with Crippen molar-refractivity contribution in [3.63, 3.8) is 0 Å². The summed E-state index contributed by atoms with van der Waals surface area (Å²) in [4.78, 5) is 12.9. The number of methoxy groups -OCH3 is 2. The molecule has 0 aliphatic heterocycles. The molecule has 0 saturated heterocycles. The van der Waals surface area contributed by atoms with Gasteiger partial charge < -0.3 is 9.47 Å². The lowest BCUT2D eigenvalue weighted by Crippen LogP contribution is -2.77. The SMILES string of the molecule is COC(=O)C1(C)C(C)(C)C(C)(C)C(C)(OC)C(C)(C)C1(C)C. The number of hydrogen-bond donors (Lipinski definition) is 0. The molecule has 0 aromatic heterocycles. The fourth-order valence-corrected chi connectivity index (χ4v) is 5.23. The van der Waals surface area contributed by atoms with Gasteiger partial charge in [0.05, 0.1) is 18.1 Å². The summed E-state index contributed by atoms with van der Waals surface area (Å²) in [5.74, 6) is -0.137. The first-order valence-corrected chi connectivity index (χ1v) is 8.18. The van der Waals surface area contributed by atoms with Gasteiger partial charge in [0, 0.05) is 17.9 Å². The average molecular weight is 312 g/mol. The van der Waals surface area contributed by atoms with Crippen LogP contribution in [0, 0.1) is 27.1 Å². The van der Waals surface area contributed by atoms with Crippen LogP contribution in [0.25, 0.3) is 0 Å². The van der Waals surface area contributed by atoms with E-state index in [9.17, 15) is 4.79 Å². The van der Waals surface area contributed by atoms with Crippen molar-refractivity contribution in [2.75, 3.05) is 14.2 Å². The van der Waals surface area contributed by atoms with E-state index in [1.165, 1.54) is 7.11 Å². The van der Waals surface area contributed by atoms with Crippen LogP contribution in [0.3, 0.4) is 0 Å². The molecule has 1 saturated carbocycles. The second-order valence-electron chi connectivity index (χ2n) is 9.35. The van der Waals surface area contributed by atoms with Crippen molar-refractivity contribution < 1.29 is 14.3 Å². The number of rotatable bonds is 2. The van der Waals surface area contributed by atoms with Crippen LogP contribution in [0.1, 0.15) is 69.2 Å². The fraction of sp³-hybridized carbons (Fsp3) is 0.947. The molecule has 22 heavy (non-hydrogen) atoms. The summed E-state index contributed by atoms with van der Waals surface area (Å²) >= 11 is 0. The molecule has 0 amide bonds. The zero-order valence-electron chi connectivity index (χ0n) is 16.7. The highest BCUT2D eigenvalue weighted by atomic mass is 16.5. The van der Waals surface area contributed by atoms with Gasteiger partial charge in [-0.05, 0) is 24.7 Å². The molecule has 1 rings (SSSR count). The Hall–Kier alpha value is -0.570. The van der Waals surface area contributed by atoms with Crippen molar-refractivity contribution in [3.8, 4) is 0 Å². The standard InChI is InChI=1S/C19H36O3/c1-14(2)16(5,6)19(10,22-12)17(7,8)15(3,4)18(14,9)13(20)21-11/h1-12H3. The predicted octanol–water partition coefficient (Wildman–Crippen LogP) is 4.69. The highest BCUT2D eigenvalue weighted by molar-refractivity contribution is 5.79. The van der Waals surface area contributed by atoms with E-state index in [1.807, 2.05) is 0 Å². The summed E-state index contributed by atoms with van der Waals surface area (Å²) < 4.78 is 11.4. The summed E-state index contributed by atoms with van der Waals surface area (Å²) in [6.07, 6.45) is 0. The summed E-state index contributed by atoms with van der Waals surface area (Å²) in [6.45, 7) is 21.8. The van der Waals surface area contributed by atoms with E-state index in [0.29, 0.717) is 0 Å². The average Bonchev–Trinajstić information content (AvgIpc) is 2.41. The largest absolute Gasteiger partial charge is 0.469 e. The Bertz CT molecular complexity index is 441. The van der Waals surface area contributed by atoms with Crippen molar-refractivity contribution in [3.05, 3.63) is 0 Å². The van der Waals surface area contributed by atoms with Crippen LogP contribution in [0.2, 0.25) is 0 Å². The van der Waals surface area contributed by atoms with Gasteiger partial charge in [0.25, 0.3) is 0 Å². The third kappa shape index (κ3) is 1.59. The quantitative estimate of drug-likeness (QED) is 0.694. The third-order valence-corrected chi connectivity index (χ3v) is 9.01. The molecule has 0 heterocycles. The van der Waals surface area contributed by atoms with E-state index in [0.717, 1.165) is 0 Å². The van der Waals surface area contributed by atoms with Crippen molar-refractivity contribution in [2.45, 2.75) is 74.8 Å². The number of hydrogen-bond acceptors (Lipinski definition) is 3. The van der Waals surface area contributed by atoms with Crippen molar-refractivity contribution >= 4 is 5.97 Å². The van der Waals surface area contributed by atoms with Crippen LogP contribution in [0.4, 0.5) is 0 Å². The second-order valence-corrected chi connectivity index (χ2v) is 9.35. The van der Waals surface area contributed by atoms with Gasteiger partial charge in [-0.15, -0.1) is 0 Å². The zero-order chi connectivity index (χ0) is 18.0. The molecule has 0 aromatic rings.